The fraction of sp³-hybridized carbons (Fsp3) is 0.379. The molecule has 0 spiro atoms. The molecule has 0 unspecified atom stereocenters. The van der Waals surface area contributed by atoms with E-state index in [-0.39, 0.29) is 16.5 Å². The molecule has 3 heteroatoms. The molecule has 32 heavy (non-hydrogen) atoms. The molecule has 0 amide bonds. The number of benzene rings is 3. The van der Waals surface area contributed by atoms with Crippen LogP contribution in [0.1, 0.15) is 75.3 Å². The van der Waals surface area contributed by atoms with Crippen LogP contribution in [-0.2, 0) is 0 Å². The summed E-state index contributed by atoms with van der Waals surface area (Å²) < 4.78 is 44.2. The van der Waals surface area contributed by atoms with Crippen molar-refractivity contribution in [2.24, 2.45) is 5.92 Å². The van der Waals surface area contributed by atoms with Crippen molar-refractivity contribution in [3.63, 3.8) is 0 Å². The predicted molar refractivity (Wildman–Crippen MR) is 128 cm³/mol. The third-order valence-corrected chi connectivity index (χ3v) is 7.13. The van der Waals surface area contributed by atoms with E-state index in [2.05, 4.69) is 13.5 Å². The Morgan fingerprint density at radius 1 is 0.875 bits per heavy atom. The molecule has 0 N–H and O–H groups in total. The van der Waals surface area contributed by atoms with Crippen molar-refractivity contribution in [2.45, 2.75) is 64.2 Å². The van der Waals surface area contributed by atoms with Crippen LogP contribution in [-0.4, -0.2) is 0 Å². The topological polar surface area (TPSA) is 0 Å². The molecule has 1 fully saturated rings. The molecule has 0 aliphatic heterocycles. The lowest BCUT2D eigenvalue weighted by atomic mass is 9.77. The van der Waals surface area contributed by atoms with Crippen LogP contribution in [0.3, 0.4) is 0 Å². The van der Waals surface area contributed by atoms with Gasteiger partial charge in [0.15, 0.2) is 11.6 Å². The quantitative estimate of drug-likeness (QED) is 0.324. The van der Waals surface area contributed by atoms with Crippen molar-refractivity contribution in [3.05, 3.63) is 77.6 Å². The Bertz CT molecular complexity index is 1090. The number of fused-ring (bicyclic) bond motifs is 1. The van der Waals surface area contributed by atoms with Crippen LogP contribution in [0.5, 0.6) is 0 Å². The van der Waals surface area contributed by atoms with E-state index in [9.17, 15) is 13.2 Å². The van der Waals surface area contributed by atoms with Crippen molar-refractivity contribution in [3.8, 4) is 11.1 Å². The Kier molecular flexibility index (Phi) is 7.03. The van der Waals surface area contributed by atoms with Gasteiger partial charge in [-0.1, -0.05) is 81.7 Å². The number of rotatable bonds is 7. The summed E-state index contributed by atoms with van der Waals surface area (Å²) in [4.78, 5) is 0. The van der Waals surface area contributed by atoms with Crippen molar-refractivity contribution >= 4 is 16.8 Å². The van der Waals surface area contributed by atoms with Crippen LogP contribution in [0.2, 0.25) is 0 Å². The molecule has 0 heterocycles. The van der Waals surface area contributed by atoms with Crippen LogP contribution >= 0.6 is 0 Å². The Balaban J connectivity index is 1.53. The molecule has 1 saturated carbocycles. The molecule has 0 radical (unpaired) electrons. The first kappa shape index (κ1) is 22.6. The van der Waals surface area contributed by atoms with Crippen LogP contribution in [0.15, 0.2) is 49.0 Å². The van der Waals surface area contributed by atoms with Crippen molar-refractivity contribution in [1.82, 2.24) is 0 Å². The molecule has 4 rings (SSSR count). The van der Waals surface area contributed by atoms with Gasteiger partial charge >= 0.3 is 0 Å². The molecule has 168 valence electrons. The van der Waals surface area contributed by atoms with E-state index in [4.69, 9.17) is 0 Å². The van der Waals surface area contributed by atoms with Crippen molar-refractivity contribution in [1.29, 1.82) is 0 Å². The Morgan fingerprint density at radius 3 is 2.25 bits per heavy atom. The minimum atomic E-state index is -1.15. The first-order valence-electron chi connectivity index (χ1n) is 11.9. The second kappa shape index (κ2) is 9.94. The summed E-state index contributed by atoms with van der Waals surface area (Å²) in [6.07, 6.45) is 11.5. The second-order valence-electron chi connectivity index (χ2n) is 9.16. The van der Waals surface area contributed by atoms with E-state index in [0.717, 1.165) is 5.92 Å². The largest absolute Gasteiger partial charge is 0.206 e. The van der Waals surface area contributed by atoms with Crippen molar-refractivity contribution < 1.29 is 13.2 Å². The van der Waals surface area contributed by atoms with Gasteiger partial charge in [-0.15, -0.1) is 0 Å². The molecular formula is C29H31F3. The van der Waals surface area contributed by atoms with E-state index in [0.29, 0.717) is 16.9 Å². The third kappa shape index (κ3) is 4.48. The zero-order valence-electron chi connectivity index (χ0n) is 18.8. The summed E-state index contributed by atoms with van der Waals surface area (Å²) >= 11 is 0. The predicted octanol–water partition coefficient (Wildman–Crippen LogP) is 9.42. The number of hydrogen-bond acceptors (Lipinski definition) is 0. The molecule has 0 nitrogen and oxygen atoms in total. The standard InChI is InChI=1S/C29H31F3/c1-3-5-6-7-19-8-10-21(11-9-19)22-13-15-23(16-14-22)25-18-24-17-12-20(4-2)27(30)26(24)29(32)28(25)31/h4,12-19,21H,2-3,5-11H2,1H3. The van der Waals surface area contributed by atoms with E-state index in [1.807, 2.05) is 24.3 Å². The molecule has 0 aromatic heterocycles. The summed E-state index contributed by atoms with van der Waals surface area (Å²) in [7, 11) is 0. The molecule has 0 bridgehead atoms. The summed E-state index contributed by atoms with van der Waals surface area (Å²) in [5, 5.41) is 0.0171. The maximum atomic E-state index is 14.9. The second-order valence-corrected chi connectivity index (χ2v) is 9.16. The number of unbranched alkanes of at least 4 members (excludes halogenated alkanes) is 2. The molecule has 3 aromatic carbocycles. The molecule has 3 aromatic rings. The zero-order chi connectivity index (χ0) is 22.7. The maximum absolute atomic E-state index is 14.9. The average Bonchev–Trinajstić information content (AvgIpc) is 2.82. The Labute approximate surface area is 189 Å². The first-order valence-corrected chi connectivity index (χ1v) is 11.9. The summed E-state index contributed by atoms with van der Waals surface area (Å²) in [5.74, 6) is -1.55. The van der Waals surface area contributed by atoms with Crippen LogP contribution in [0.4, 0.5) is 13.2 Å². The fourth-order valence-electron chi connectivity index (χ4n) is 5.17. The molecular weight excluding hydrogens is 405 g/mol. The molecule has 0 atom stereocenters. The van der Waals surface area contributed by atoms with E-state index in [1.165, 1.54) is 75.1 Å². The van der Waals surface area contributed by atoms with Crippen molar-refractivity contribution in [2.75, 3.05) is 0 Å². The zero-order valence-corrected chi connectivity index (χ0v) is 18.8. The highest BCUT2D eigenvalue weighted by Gasteiger charge is 2.23. The average molecular weight is 437 g/mol. The molecule has 1 aliphatic carbocycles. The first-order chi connectivity index (χ1) is 15.5. The van der Waals surface area contributed by atoms with Crippen LogP contribution < -0.4 is 0 Å². The Hall–Kier alpha value is -2.55. The van der Waals surface area contributed by atoms with E-state index < -0.39 is 17.5 Å². The van der Waals surface area contributed by atoms with Gasteiger partial charge in [-0.2, -0.15) is 0 Å². The smallest absolute Gasteiger partial charge is 0.170 e. The van der Waals surface area contributed by atoms with Gasteiger partial charge < -0.3 is 0 Å². The van der Waals surface area contributed by atoms with Crippen LogP contribution in [0.25, 0.3) is 28.0 Å². The van der Waals surface area contributed by atoms with Gasteiger partial charge in [0, 0.05) is 11.1 Å². The van der Waals surface area contributed by atoms with E-state index >= 15 is 0 Å². The van der Waals surface area contributed by atoms with Gasteiger partial charge in [-0.05, 0) is 60.1 Å². The molecule has 1 aliphatic rings. The lowest BCUT2D eigenvalue weighted by Crippen LogP contribution is -2.13. The van der Waals surface area contributed by atoms with Gasteiger partial charge in [0.2, 0.25) is 0 Å². The highest BCUT2D eigenvalue weighted by molar-refractivity contribution is 5.90. The summed E-state index contributed by atoms with van der Waals surface area (Å²) in [6, 6.07) is 12.5. The number of halogens is 3. The Morgan fingerprint density at radius 2 is 1.59 bits per heavy atom. The van der Waals surface area contributed by atoms with Gasteiger partial charge in [-0.3, -0.25) is 0 Å². The summed E-state index contributed by atoms with van der Waals surface area (Å²) in [6.45, 7) is 5.77. The minimum absolute atomic E-state index is 0.159. The highest BCUT2D eigenvalue weighted by atomic mass is 19.2. The maximum Gasteiger partial charge on any atom is 0.170 e. The van der Waals surface area contributed by atoms with Crippen LogP contribution in [0, 0.1) is 23.4 Å². The monoisotopic (exact) mass is 436 g/mol. The minimum Gasteiger partial charge on any atom is -0.206 e. The van der Waals surface area contributed by atoms with Gasteiger partial charge in [0.05, 0.1) is 5.39 Å². The summed E-state index contributed by atoms with van der Waals surface area (Å²) in [5.41, 5.74) is 2.19. The lowest BCUT2D eigenvalue weighted by molar-refractivity contribution is 0.303. The molecule has 0 saturated heterocycles. The van der Waals surface area contributed by atoms with E-state index in [1.54, 1.807) is 6.07 Å². The normalized spacial score (nSPS) is 18.8. The SMILES string of the molecule is C=Cc1ccc2cc(-c3ccc(C4CCC(CCCCC)CC4)cc3)c(F)c(F)c2c1F. The fourth-order valence-corrected chi connectivity index (χ4v) is 5.17. The number of hydrogen-bond donors (Lipinski definition) is 0. The van der Waals surface area contributed by atoms with Gasteiger partial charge in [0.25, 0.3) is 0 Å². The van der Waals surface area contributed by atoms with Gasteiger partial charge in [0.1, 0.15) is 5.82 Å². The lowest BCUT2D eigenvalue weighted by Gasteiger charge is -2.29. The third-order valence-electron chi connectivity index (χ3n) is 7.13. The van der Waals surface area contributed by atoms with Gasteiger partial charge in [-0.25, -0.2) is 13.2 Å². The highest BCUT2D eigenvalue weighted by Crippen LogP contribution is 2.39.